The standard InChI is InChI=1S/C23H28N4O3/c1-13(2)20-11-18(19-12-24-27(14(3)4)21(19)26-20)23(29)30-16(6)22(28)25-17-9-7-15(5)8-10-17/h7-14,16H,1-6H3,(H,25,28)/t16-/m1/s1. The Morgan fingerprint density at radius 3 is 2.33 bits per heavy atom. The highest BCUT2D eigenvalue weighted by molar-refractivity contribution is 6.04. The molecule has 0 radical (unpaired) electrons. The van der Waals surface area contributed by atoms with Crippen LogP contribution in [0.2, 0.25) is 0 Å². The van der Waals surface area contributed by atoms with E-state index in [1.165, 1.54) is 0 Å². The van der Waals surface area contributed by atoms with E-state index in [0.717, 1.165) is 11.3 Å². The van der Waals surface area contributed by atoms with E-state index in [1.807, 2.05) is 58.9 Å². The molecule has 158 valence electrons. The third-order valence-electron chi connectivity index (χ3n) is 4.86. The number of nitrogens with one attached hydrogen (secondary N) is 1. The fourth-order valence-corrected chi connectivity index (χ4v) is 3.04. The molecule has 0 spiro atoms. The van der Waals surface area contributed by atoms with Gasteiger partial charge in [0.1, 0.15) is 0 Å². The van der Waals surface area contributed by atoms with Gasteiger partial charge >= 0.3 is 5.97 Å². The number of ether oxygens (including phenoxy) is 1. The first kappa shape index (κ1) is 21.5. The maximum Gasteiger partial charge on any atom is 0.339 e. The molecule has 0 saturated carbocycles. The molecule has 1 aromatic carbocycles. The molecule has 3 rings (SSSR count). The zero-order chi connectivity index (χ0) is 22.0. The fourth-order valence-electron chi connectivity index (χ4n) is 3.04. The van der Waals surface area contributed by atoms with Crippen LogP contribution in [0.1, 0.15) is 68.2 Å². The van der Waals surface area contributed by atoms with Gasteiger partial charge in [0, 0.05) is 17.4 Å². The Morgan fingerprint density at radius 2 is 1.73 bits per heavy atom. The molecule has 0 aliphatic carbocycles. The lowest BCUT2D eigenvalue weighted by molar-refractivity contribution is -0.123. The third kappa shape index (κ3) is 4.50. The summed E-state index contributed by atoms with van der Waals surface area (Å²) < 4.78 is 7.27. The highest BCUT2D eigenvalue weighted by atomic mass is 16.5. The summed E-state index contributed by atoms with van der Waals surface area (Å²) in [7, 11) is 0. The molecule has 2 aromatic heterocycles. The van der Waals surface area contributed by atoms with Crippen LogP contribution in [0, 0.1) is 6.92 Å². The maximum atomic E-state index is 13.0. The molecule has 1 atom stereocenters. The molecule has 0 aliphatic rings. The topological polar surface area (TPSA) is 86.1 Å². The normalized spacial score (nSPS) is 12.4. The number of benzene rings is 1. The molecule has 0 fully saturated rings. The zero-order valence-corrected chi connectivity index (χ0v) is 18.3. The minimum absolute atomic E-state index is 0.0977. The van der Waals surface area contributed by atoms with Crippen LogP contribution >= 0.6 is 0 Å². The summed E-state index contributed by atoms with van der Waals surface area (Å²) in [6.45, 7) is 11.6. The van der Waals surface area contributed by atoms with E-state index in [1.54, 1.807) is 23.9 Å². The lowest BCUT2D eigenvalue weighted by Crippen LogP contribution is -2.30. The first-order chi connectivity index (χ1) is 14.2. The number of hydrogen-bond donors (Lipinski definition) is 1. The van der Waals surface area contributed by atoms with Gasteiger partial charge in [0.05, 0.1) is 17.1 Å². The highest BCUT2D eigenvalue weighted by Crippen LogP contribution is 2.25. The van der Waals surface area contributed by atoms with Crippen LogP contribution in [0.5, 0.6) is 0 Å². The summed E-state index contributed by atoms with van der Waals surface area (Å²) in [5, 5.41) is 7.76. The summed E-state index contributed by atoms with van der Waals surface area (Å²) >= 11 is 0. The lowest BCUT2D eigenvalue weighted by atomic mass is 10.1. The van der Waals surface area contributed by atoms with Crippen molar-refractivity contribution in [1.82, 2.24) is 14.8 Å². The Balaban J connectivity index is 1.85. The highest BCUT2D eigenvalue weighted by Gasteiger charge is 2.24. The monoisotopic (exact) mass is 408 g/mol. The quantitative estimate of drug-likeness (QED) is 0.601. The number of carbonyl (C=O) groups is 2. The second kappa shape index (κ2) is 8.65. The van der Waals surface area contributed by atoms with E-state index >= 15 is 0 Å². The average molecular weight is 409 g/mol. The van der Waals surface area contributed by atoms with Crippen LogP contribution in [0.25, 0.3) is 11.0 Å². The Morgan fingerprint density at radius 1 is 1.07 bits per heavy atom. The molecule has 3 aromatic rings. The van der Waals surface area contributed by atoms with Gasteiger partial charge in [-0.3, -0.25) is 4.79 Å². The van der Waals surface area contributed by atoms with Crippen molar-refractivity contribution >= 4 is 28.6 Å². The molecule has 2 heterocycles. The zero-order valence-electron chi connectivity index (χ0n) is 18.3. The van der Waals surface area contributed by atoms with Crippen molar-refractivity contribution in [3.8, 4) is 0 Å². The smallest absolute Gasteiger partial charge is 0.339 e. The van der Waals surface area contributed by atoms with Crippen LogP contribution < -0.4 is 5.32 Å². The molecular weight excluding hydrogens is 380 g/mol. The van der Waals surface area contributed by atoms with Crippen molar-refractivity contribution in [2.24, 2.45) is 0 Å². The van der Waals surface area contributed by atoms with Crippen LogP contribution in [0.3, 0.4) is 0 Å². The van der Waals surface area contributed by atoms with Crippen LogP contribution in [0.15, 0.2) is 36.5 Å². The van der Waals surface area contributed by atoms with Crippen molar-refractivity contribution in [2.75, 3.05) is 5.32 Å². The molecular formula is C23H28N4O3. The Hall–Kier alpha value is -3.22. The van der Waals surface area contributed by atoms with Crippen LogP contribution in [-0.2, 0) is 9.53 Å². The number of hydrogen-bond acceptors (Lipinski definition) is 5. The summed E-state index contributed by atoms with van der Waals surface area (Å²) in [6, 6.07) is 9.25. The van der Waals surface area contributed by atoms with Gasteiger partial charge in [-0.1, -0.05) is 31.5 Å². The van der Waals surface area contributed by atoms with Gasteiger partial charge in [-0.25, -0.2) is 14.5 Å². The number of esters is 1. The second-order valence-corrected chi connectivity index (χ2v) is 8.07. The predicted octanol–water partition coefficient (Wildman–Crippen LogP) is 4.63. The number of amides is 1. The van der Waals surface area contributed by atoms with Gasteiger partial charge in [0.15, 0.2) is 11.8 Å². The Labute approximate surface area is 176 Å². The summed E-state index contributed by atoms with van der Waals surface area (Å²) in [5.74, 6) is -0.836. The van der Waals surface area contributed by atoms with Gasteiger partial charge in [0.2, 0.25) is 0 Å². The number of aromatic nitrogens is 3. The SMILES string of the molecule is Cc1ccc(NC(=O)[C@@H](C)OC(=O)c2cc(C(C)C)nc3c2cnn3C(C)C)cc1. The van der Waals surface area contributed by atoms with Crippen molar-refractivity contribution in [2.45, 2.75) is 59.6 Å². The molecule has 1 N–H and O–H groups in total. The minimum Gasteiger partial charge on any atom is -0.449 e. The van der Waals surface area contributed by atoms with Gasteiger partial charge in [-0.2, -0.15) is 5.10 Å². The fraction of sp³-hybridized carbons (Fsp3) is 0.391. The molecule has 7 nitrogen and oxygen atoms in total. The second-order valence-electron chi connectivity index (χ2n) is 8.07. The van der Waals surface area contributed by atoms with E-state index in [-0.39, 0.29) is 17.9 Å². The predicted molar refractivity (Wildman–Crippen MR) is 117 cm³/mol. The average Bonchev–Trinajstić information content (AvgIpc) is 3.13. The Kier molecular flexibility index (Phi) is 6.20. The summed E-state index contributed by atoms with van der Waals surface area (Å²) in [4.78, 5) is 30.1. The van der Waals surface area contributed by atoms with Crippen LogP contribution in [-0.4, -0.2) is 32.7 Å². The molecule has 1 amide bonds. The van der Waals surface area contributed by atoms with E-state index < -0.39 is 12.1 Å². The van der Waals surface area contributed by atoms with E-state index in [0.29, 0.717) is 22.3 Å². The number of pyridine rings is 1. The van der Waals surface area contributed by atoms with E-state index in [9.17, 15) is 9.59 Å². The number of nitrogens with zero attached hydrogens (tertiary/aromatic N) is 3. The molecule has 7 heteroatoms. The lowest BCUT2D eigenvalue weighted by Gasteiger charge is -2.15. The number of carbonyl (C=O) groups excluding carboxylic acids is 2. The molecule has 0 bridgehead atoms. The maximum absolute atomic E-state index is 13.0. The van der Waals surface area contributed by atoms with E-state index in [2.05, 4.69) is 15.4 Å². The number of anilines is 1. The number of aryl methyl sites for hydroxylation is 1. The first-order valence-corrected chi connectivity index (χ1v) is 10.1. The van der Waals surface area contributed by atoms with Gasteiger partial charge in [-0.05, 0) is 51.8 Å². The first-order valence-electron chi connectivity index (χ1n) is 10.1. The summed E-state index contributed by atoms with van der Waals surface area (Å²) in [6.07, 6.45) is 0.671. The van der Waals surface area contributed by atoms with Crippen molar-refractivity contribution < 1.29 is 14.3 Å². The van der Waals surface area contributed by atoms with Gasteiger partial charge < -0.3 is 10.1 Å². The number of fused-ring (bicyclic) bond motifs is 1. The van der Waals surface area contributed by atoms with Crippen molar-refractivity contribution in [1.29, 1.82) is 0 Å². The molecule has 30 heavy (non-hydrogen) atoms. The van der Waals surface area contributed by atoms with Gasteiger partial charge in [-0.15, -0.1) is 0 Å². The van der Waals surface area contributed by atoms with Gasteiger partial charge in [0.25, 0.3) is 5.91 Å². The van der Waals surface area contributed by atoms with Crippen molar-refractivity contribution in [3.05, 3.63) is 53.3 Å². The molecule has 0 saturated heterocycles. The Bertz CT molecular complexity index is 1070. The summed E-state index contributed by atoms with van der Waals surface area (Å²) in [5.41, 5.74) is 3.52. The van der Waals surface area contributed by atoms with Crippen LogP contribution in [0.4, 0.5) is 5.69 Å². The van der Waals surface area contributed by atoms with Crippen molar-refractivity contribution in [3.63, 3.8) is 0 Å². The van der Waals surface area contributed by atoms with E-state index in [4.69, 9.17) is 4.74 Å². The largest absolute Gasteiger partial charge is 0.449 e. The molecule has 0 aliphatic heterocycles. The molecule has 0 unspecified atom stereocenters. The number of rotatable bonds is 6. The minimum atomic E-state index is -0.954. The third-order valence-corrected chi connectivity index (χ3v) is 4.86.